The molecule has 5 nitrogen and oxygen atoms in total. The monoisotopic (exact) mass is 379 g/mol. The third-order valence-corrected chi connectivity index (χ3v) is 5.84. The predicted molar refractivity (Wildman–Crippen MR) is 105 cm³/mol. The van der Waals surface area contributed by atoms with Crippen molar-refractivity contribution in [3.63, 3.8) is 0 Å². The van der Waals surface area contributed by atoms with Crippen molar-refractivity contribution in [2.24, 2.45) is 17.8 Å². The Morgan fingerprint density at radius 3 is 2.04 bits per heavy atom. The lowest BCUT2D eigenvalue weighted by Crippen LogP contribution is -2.33. The fraction of sp³-hybridized carbons (Fsp3) is 0.391. The molecule has 0 spiro atoms. The summed E-state index contributed by atoms with van der Waals surface area (Å²) < 4.78 is 6.06. The first-order valence-electron chi connectivity index (χ1n) is 9.85. The van der Waals surface area contributed by atoms with Gasteiger partial charge in [-0.05, 0) is 35.8 Å². The van der Waals surface area contributed by atoms with Crippen LogP contribution < -0.4 is 0 Å². The average molecular weight is 379 g/mol. The highest BCUT2D eigenvalue weighted by Crippen LogP contribution is 2.44. The molecule has 1 saturated carbocycles. The van der Waals surface area contributed by atoms with Crippen LogP contribution in [0.5, 0.6) is 0 Å². The van der Waals surface area contributed by atoms with Crippen LogP contribution in [0.15, 0.2) is 60.7 Å². The lowest BCUT2D eigenvalue weighted by molar-refractivity contribution is -0.143. The quantitative estimate of drug-likeness (QED) is 0.801. The van der Waals surface area contributed by atoms with E-state index in [0.29, 0.717) is 19.0 Å². The van der Waals surface area contributed by atoms with Gasteiger partial charge in [-0.25, -0.2) is 0 Å². The number of likely N-dealkylation sites (tertiary alicyclic amines) is 1. The largest absolute Gasteiger partial charge is 0.481 e. The first-order chi connectivity index (χ1) is 13.6. The predicted octanol–water partition coefficient (Wildman–Crippen LogP) is 3.36. The van der Waals surface area contributed by atoms with E-state index < -0.39 is 11.9 Å². The Morgan fingerprint density at radius 2 is 1.54 bits per heavy atom. The summed E-state index contributed by atoms with van der Waals surface area (Å²) in [5.41, 5.74) is 1.98. The van der Waals surface area contributed by atoms with E-state index in [1.54, 1.807) is 4.90 Å². The molecule has 1 aliphatic carbocycles. The van der Waals surface area contributed by atoms with Gasteiger partial charge in [0.2, 0.25) is 5.91 Å². The maximum absolute atomic E-state index is 12.8. The molecule has 2 aromatic carbocycles. The molecule has 0 bridgehead atoms. The zero-order valence-electron chi connectivity index (χ0n) is 15.7. The molecule has 1 heterocycles. The first kappa shape index (κ1) is 18.7. The molecule has 1 N–H and O–H groups in total. The Bertz CT molecular complexity index is 780. The molecule has 2 aliphatic rings. The van der Waals surface area contributed by atoms with Crippen LogP contribution in [-0.4, -0.2) is 41.6 Å². The van der Waals surface area contributed by atoms with Crippen molar-refractivity contribution in [3.05, 3.63) is 71.8 Å². The Hall–Kier alpha value is -2.66. The van der Waals surface area contributed by atoms with E-state index in [1.165, 1.54) is 0 Å². The van der Waals surface area contributed by atoms with Gasteiger partial charge in [0.25, 0.3) is 0 Å². The number of carbonyl (C=O) groups excluding carboxylic acids is 1. The van der Waals surface area contributed by atoms with Crippen molar-refractivity contribution >= 4 is 11.9 Å². The summed E-state index contributed by atoms with van der Waals surface area (Å²) in [7, 11) is 0. The third kappa shape index (κ3) is 4.09. The highest BCUT2D eigenvalue weighted by atomic mass is 16.5. The summed E-state index contributed by atoms with van der Waals surface area (Å²) in [6, 6.07) is 19.7. The molecule has 0 radical (unpaired) electrons. The Labute approximate surface area is 164 Å². The molecular weight excluding hydrogens is 354 g/mol. The molecule has 5 heteroatoms. The molecule has 2 atom stereocenters. The van der Waals surface area contributed by atoms with Gasteiger partial charge in [-0.1, -0.05) is 60.7 Å². The van der Waals surface area contributed by atoms with Crippen molar-refractivity contribution in [1.82, 2.24) is 4.90 Å². The molecule has 0 aromatic heterocycles. The first-order valence-corrected chi connectivity index (χ1v) is 9.85. The summed E-state index contributed by atoms with van der Waals surface area (Å²) in [6.07, 6.45) is 1.83. The Kier molecular flexibility index (Phi) is 5.44. The lowest BCUT2D eigenvalue weighted by Gasteiger charge is -2.21. The van der Waals surface area contributed by atoms with Crippen LogP contribution in [0.3, 0.4) is 0 Å². The van der Waals surface area contributed by atoms with Crippen LogP contribution in [0, 0.1) is 17.8 Å². The minimum absolute atomic E-state index is 0.0574. The van der Waals surface area contributed by atoms with Crippen LogP contribution >= 0.6 is 0 Å². The van der Waals surface area contributed by atoms with Gasteiger partial charge in [-0.3, -0.25) is 9.59 Å². The zero-order chi connectivity index (χ0) is 19.5. The number of amides is 1. The fourth-order valence-corrected chi connectivity index (χ4v) is 4.18. The van der Waals surface area contributed by atoms with E-state index >= 15 is 0 Å². The van der Waals surface area contributed by atoms with Crippen LogP contribution in [0.25, 0.3) is 0 Å². The molecule has 1 saturated heterocycles. The van der Waals surface area contributed by atoms with Gasteiger partial charge in [0.05, 0.1) is 5.92 Å². The van der Waals surface area contributed by atoms with E-state index in [4.69, 9.17) is 4.74 Å². The van der Waals surface area contributed by atoms with Gasteiger partial charge in [0.1, 0.15) is 12.7 Å². The van der Waals surface area contributed by atoms with E-state index in [-0.39, 0.29) is 24.5 Å². The van der Waals surface area contributed by atoms with Gasteiger partial charge in [0, 0.05) is 13.1 Å². The van der Waals surface area contributed by atoms with E-state index in [2.05, 4.69) is 0 Å². The smallest absolute Gasteiger partial charge is 0.308 e. The number of carbonyl (C=O) groups is 2. The topological polar surface area (TPSA) is 66.8 Å². The van der Waals surface area contributed by atoms with Crippen LogP contribution in [0.1, 0.15) is 30.1 Å². The third-order valence-electron chi connectivity index (χ3n) is 5.84. The number of nitrogens with zero attached hydrogens (tertiary/aromatic N) is 1. The number of rotatable bonds is 7. The number of benzene rings is 2. The van der Waals surface area contributed by atoms with Crippen molar-refractivity contribution < 1.29 is 19.4 Å². The number of carboxylic acid groups (broad SMARTS) is 1. The summed E-state index contributed by atoms with van der Waals surface area (Å²) in [5, 5.41) is 9.51. The average Bonchev–Trinajstić information content (AvgIpc) is 3.47. The van der Waals surface area contributed by atoms with Crippen LogP contribution in [0.2, 0.25) is 0 Å². The summed E-state index contributed by atoms with van der Waals surface area (Å²) in [5.74, 6) is -0.831. The van der Waals surface area contributed by atoms with E-state index in [0.717, 1.165) is 24.0 Å². The lowest BCUT2D eigenvalue weighted by atomic mass is 9.92. The normalized spacial score (nSPS) is 21.8. The van der Waals surface area contributed by atoms with Crippen molar-refractivity contribution in [1.29, 1.82) is 0 Å². The van der Waals surface area contributed by atoms with Crippen LogP contribution in [0.4, 0.5) is 0 Å². The maximum atomic E-state index is 12.8. The second kappa shape index (κ2) is 8.15. The van der Waals surface area contributed by atoms with Crippen LogP contribution in [-0.2, 0) is 14.3 Å². The molecule has 2 fully saturated rings. The summed E-state index contributed by atoms with van der Waals surface area (Å²) in [6.45, 7) is 0.767. The second-order valence-electron chi connectivity index (χ2n) is 7.76. The Balaban J connectivity index is 1.44. The zero-order valence-corrected chi connectivity index (χ0v) is 15.7. The van der Waals surface area contributed by atoms with Crippen molar-refractivity contribution in [2.45, 2.75) is 18.9 Å². The summed E-state index contributed by atoms with van der Waals surface area (Å²) in [4.78, 5) is 26.0. The molecular formula is C23H25NO4. The number of ether oxygens (including phenoxy) is 1. The molecule has 2 aromatic rings. The standard InChI is InChI=1S/C23H25NO4/c25-21(24-13-19(16-11-12-16)20(14-24)23(26)27)15-28-22(17-7-3-1-4-8-17)18-9-5-2-6-10-18/h1-10,16,19-20,22H,11-15H2,(H,26,27)/t19-,20+/m1/s1. The fourth-order valence-electron chi connectivity index (χ4n) is 4.18. The van der Waals surface area contributed by atoms with E-state index in [9.17, 15) is 14.7 Å². The maximum Gasteiger partial charge on any atom is 0.308 e. The number of hydrogen-bond donors (Lipinski definition) is 1. The van der Waals surface area contributed by atoms with Gasteiger partial charge in [-0.2, -0.15) is 0 Å². The molecule has 0 unspecified atom stereocenters. The molecule has 146 valence electrons. The van der Waals surface area contributed by atoms with Crippen molar-refractivity contribution in [2.75, 3.05) is 19.7 Å². The highest BCUT2D eigenvalue weighted by Gasteiger charge is 2.46. The number of hydrogen-bond acceptors (Lipinski definition) is 3. The second-order valence-corrected chi connectivity index (χ2v) is 7.76. The van der Waals surface area contributed by atoms with Gasteiger partial charge >= 0.3 is 5.97 Å². The Morgan fingerprint density at radius 1 is 0.964 bits per heavy atom. The molecule has 1 amide bonds. The van der Waals surface area contributed by atoms with Gasteiger partial charge in [0.15, 0.2) is 0 Å². The highest BCUT2D eigenvalue weighted by molar-refractivity contribution is 5.80. The summed E-state index contributed by atoms with van der Waals surface area (Å²) >= 11 is 0. The minimum atomic E-state index is -0.792. The SMILES string of the molecule is O=C(O)[C@H]1CN(C(=O)COC(c2ccccc2)c2ccccc2)C[C@@H]1C1CC1. The molecule has 1 aliphatic heterocycles. The van der Waals surface area contributed by atoms with Crippen molar-refractivity contribution in [3.8, 4) is 0 Å². The van der Waals surface area contributed by atoms with Gasteiger partial charge < -0.3 is 14.7 Å². The minimum Gasteiger partial charge on any atom is -0.481 e. The molecule has 28 heavy (non-hydrogen) atoms. The number of carboxylic acids is 1. The van der Waals surface area contributed by atoms with Gasteiger partial charge in [-0.15, -0.1) is 0 Å². The molecule has 4 rings (SSSR count). The van der Waals surface area contributed by atoms with E-state index in [1.807, 2.05) is 60.7 Å². The number of aliphatic carboxylic acids is 1.